The highest BCUT2D eigenvalue weighted by Gasteiger charge is 2.24. The zero-order valence-corrected chi connectivity index (χ0v) is 17.5. The lowest BCUT2D eigenvalue weighted by atomic mass is 10.1. The number of carbonyl (C=O) groups is 1. The molecule has 1 fully saturated rings. The number of anilines is 1. The first-order chi connectivity index (χ1) is 15.7. The fourth-order valence-corrected chi connectivity index (χ4v) is 3.91. The first kappa shape index (κ1) is 19.8. The maximum Gasteiger partial charge on any atom is 0.242 e. The highest BCUT2D eigenvalue weighted by molar-refractivity contribution is 5.96. The predicted molar refractivity (Wildman–Crippen MR) is 119 cm³/mol. The maximum absolute atomic E-state index is 12.5. The number of nitriles is 1. The molecule has 32 heavy (non-hydrogen) atoms. The predicted octanol–water partition coefficient (Wildman–Crippen LogP) is 2.91. The maximum atomic E-state index is 12.5. The lowest BCUT2D eigenvalue weighted by Gasteiger charge is -2.16. The summed E-state index contributed by atoms with van der Waals surface area (Å²) in [5.74, 6) is 1.56. The largest absolute Gasteiger partial charge is 0.497 e. The monoisotopic (exact) mass is 427 g/mol. The molecule has 160 valence electrons. The summed E-state index contributed by atoms with van der Waals surface area (Å²) in [6.07, 6.45) is 2.55. The molecule has 1 aliphatic rings. The molecule has 1 amide bonds. The standard InChI is InChI=1S/C23H21N7O2/c1-32-16-10-8-14(9-11-16)20-28-21-17-6-4-5-15(13-24)19(17)27-23(30(21)29-20)26-18-7-2-3-12-25-22(18)31/h4-6,8-11,18H,2-3,7,12H2,1H3,(H,25,31)(H,26,27). The molecule has 1 saturated heterocycles. The van der Waals surface area contributed by atoms with Crippen LogP contribution in [-0.2, 0) is 4.79 Å². The number of aromatic nitrogens is 4. The Morgan fingerprint density at radius 1 is 1.19 bits per heavy atom. The summed E-state index contributed by atoms with van der Waals surface area (Å²) in [4.78, 5) is 22.0. The number of fused-ring (bicyclic) bond motifs is 3. The van der Waals surface area contributed by atoms with Gasteiger partial charge >= 0.3 is 0 Å². The highest BCUT2D eigenvalue weighted by atomic mass is 16.5. The van der Waals surface area contributed by atoms with Gasteiger partial charge in [0, 0.05) is 17.5 Å². The minimum Gasteiger partial charge on any atom is -0.497 e. The zero-order chi connectivity index (χ0) is 22.1. The Hall–Kier alpha value is -4.19. The summed E-state index contributed by atoms with van der Waals surface area (Å²) in [5, 5.41) is 21.2. The summed E-state index contributed by atoms with van der Waals surface area (Å²) in [6, 6.07) is 14.6. The van der Waals surface area contributed by atoms with E-state index in [4.69, 9.17) is 14.7 Å². The molecule has 1 unspecified atom stereocenters. The van der Waals surface area contributed by atoms with Crippen LogP contribution in [0.25, 0.3) is 27.9 Å². The van der Waals surface area contributed by atoms with Gasteiger partial charge < -0.3 is 15.4 Å². The smallest absolute Gasteiger partial charge is 0.242 e. The quantitative estimate of drug-likeness (QED) is 0.514. The second-order valence-electron chi connectivity index (χ2n) is 7.63. The third-order valence-corrected chi connectivity index (χ3v) is 5.61. The van der Waals surface area contributed by atoms with Gasteiger partial charge in [-0.3, -0.25) is 4.79 Å². The van der Waals surface area contributed by atoms with Crippen molar-refractivity contribution in [1.82, 2.24) is 24.9 Å². The molecule has 0 radical (unpaired) electrons. The average Bonchev–Trinajstić information content (AvgIpc) is 3.19. The first-order valence-electron chi connectivity index (χ1n) is 10.5. The lowest BCUT2D eigenvalue weighted by molar-refractivity contribution is -0.121. The van der Waals surface area contributed by atoms with Crippen LogP contribution < -0.4 is 15.4 Å². The van der Waals surface area contributed by atoms with Crippen molar-refractivity contribution in [3.05, 3.63) is 48.0 Å². The van der Waals surface area contributed by atoms with Gasteiger partial charge in [0.05, 0.1) is 18.2 Å². The van der Waals surface area contributed by atoms with E-state index in [1.165, 1.54) is 0 Å². The average molecular weight is 427 g/mol. The first-order valence-corrected chi connectivity index (χ1v) is 10.5. The molecule has 0 saturated carbocycles. The fraction of sp³-hybridized carbons (Fsp3) is 0.261. The molecule has 1 aliphatic heterocycles. The number of nitrogens with zero attached hydrogens (tertiary/aromatic N) is 5. The number of carbonyl (C=O) groups excluding carboxylic acids is 1. The highest BCUT2D eigenvalue weighted by Crippen LogP contribution is 2.27. The van der Waals surface area contributed by atoms with E-state index in [2.05, 4.69) is 21.8 Å². The molecule has 3 heterocycles. The number of rotatable bonds is 4. The summed E-state index contributed by atoms with van der Waals surface area (Å²) in [5.41, 5.74) is 2.34. The van der Waals surface area contributed by atoms with Crippen molar-refractivity contribution in [2.24, 2.45) is 0 Å². The summed E-state index contributed by atoms with van der Waals surface area (Å²) in [6.45, 7) is 0.668. The third kappa shape index (κ3) is 3.46. The topological polar surface area (TPSA) is 117 Å². The third-order valence-electron chi connectivity index (χ3n) is 5.61. The minimum absolute atomic E-state index is 0.0680. The van der Waals surface area contributed by atoms with Gasteiger partial charge in [-0.25, -0.2) is 9.97 Å². The van der Waals surface area contributed by atoms with Crippen LogP contribution >= 0.6 is 0 Å². The molecule has 0 bridgehead atoms. The lowest BCUT2D eigenvalue weighted by Crippen LogP contribution is -2.38. The number of hydrogen-bond acceptors (Lipinski definition) is 7. The van der Waals surface area contributed by atoms with Crippen LogP contribution in [0.2, 0.25) is 0 Å². The van der Waals surface area contributed by atoms with E-state index in [1.54, 1.807) is 23.8 Å². The van der Waals surface area contributed by atoms with E-state index in [9.17, 15) is 10.1 Å². The number of hydrogen-bond donors (Lipinski definition) is 2. The van der Waals surface area contributed by atoms with Crippen molar-refractivity contribution in [3.8, 4) is 23.2 Å². The van der Waals surface area contributed by atoms with Gasteiger partial charge in [-0.1, -0.05) is 6.07 Å². The van der Waals surface area contributed by atoms with Crippen LogP contribution in [0.1, 0.15) is 24.8 Å². The van der Waals surface area contributed by atoms with Crippen LogP contribution in [0.4, 0.5) is 5.95 Å². The van der Waals surface area contributed by atoms with E-state index in [0.717, 1.165) is 24.2 Å². The Balaban J connectivity index is 1.69. The van der Waals surface area contributed by atoms with E-state index in [0.29, 0.717) is 46.9 Å². The minimum atomic E-state index is -0.437. The normalized spacial score (nSPS) is 16.4. The summed E-state index contributed by atoms with van der Waals surface area (Å²) >= 11 is 0. The van der Waals surface area contributed by atoms with Gasteiger partial charge in [-0.2, -0.15) is 9.78 Å². The van der Waals surface area contributed by atoms with Crippen LogP contribution in [0.3, 0.4) is 0 Å². The Labute approximate surface area is 184 Å². The molecule has 9 nitrogen and oxygen atoms in total. The number of ether oxygens (including phenoxy) is 1. The molecule has 4 aromatic rings. The molecule has 2 aromatic heterocycles. The molecule has 1 atom stereocenters. The second kappa shape index (κ2) is 8.15. The molecular formula is C23H21N7O2. The van der Waals surface area contributed by atoms with Gasteiger partial charge in [0.1, 0.15) is 17.9 Å². The Bertz CT molecular complexity index is 1360. The molecule has 0 spiro atoms. The summed E-state index contributed by atoms with van der Waals surface area (Å²) in [7, 11) is 1.62. The molecule has 2 aromatic carbocycles. The van der Waals surface area contributed by atoms with Crippen molar-refractivity contribution in [2.75, 3.05) is 19.0 Å². The molecule has 0 aliphatic carbocycles. The van der Waals surface area contributed by atoms with E-state index in [1.807, 2.05) is 30.3 Å². The van der Waals surface area contributed by atoms with Crippen LogP contribution in [0.5, 0.6) is 5.75 Å². The molecule has 5 rings (SSSR count). The van der Waals surface area contributed by atoms with Crippen LogP contribution in [-0.4, -0.2) is 45.2 Å². The van der Waals surface area contributed by atoms with Crippen molar-refractivity contribution in [2.45, 2.75) is 25.3 Å². The zero-order valence-electron chi connectivity index (χ0n) is 17.5. The molecule has 9 heteroatoms. The van der Waals surface area contributed by atoms with E-state index < -0.39 is 6.04 Å². The van der Waals surface area contributed by atoms with Gasteiger partial charge in [0.15, 0.2) is 11.5 Å². The summed E-state index contributed by atoms with van der Waals surface area (Å²) < 4.78 is 6.85. The number of amides is 1. The molecular weight excluding hydrogens is 406 g/mol. The van der Waals surface area contributed by atoms with Crippen molar-refractivity contribution < 1.29 is 9.53 Å². The van der Waals surface area contributed by atoms with Gasteiger partial charge in [-0.05, 0) is 55.7 Å². The SMILES string of the molecule is COc1ccc(-c2nc3c4cccc(C#N)c4nc(NC4CCCCNC4=O)n3n2)cc1. The van der Waals surface area contributed by atoms with Crippen LogP contribution in [0, 0.1) is 11.3 Å². The van der Waals surface area contributed by atoms with Gasteiger partial charge in [-0.15, -0.1) is 5.10 Å². The number of benzene rings is 2. The van der Waals surface area contributed by atoms with Crippen LogP contribution in [0.15, 0.2) is 42.5 Å². The van der Waals surface area contributed by atoms with Crippen molar-refractivity contribution >= 4 is 28.4 Å². The van der Waals surface area contributed by atoms with Crippen molar-refractivity contribution in [1.29, 1.82) is 5.26 Å². The molecule has 2 N–H and O–H groups in total. The van der Waals surface area contributed by atoms with Crippen molar-refractivity contribution in [3.63, 3.8) is 0 Å². The van der Waals surface area contributed by atoms with E-state index in [-0.39, 0.29) is 5.91 Å². The fourth-order valence-electron chi connectivity index (χ4n) is 3.91. The van der Waals surface area contributed by atoms with Gasteiger partial charge in [0.25, 0.3) is 0 Å². The Morgan fingerprint density at radius 3 is 2.81 bits per heavy atom. The second-order valence-corrected chi connectivity index (χ2v) is 7.63. The Kier molecular flexibility index (Phi) is 5.03. The van der Waals surface area contributed by atoms with Gasteiger partial charge in [0.2, 0.25) is 11.9 Å². The number of nitrogens with one attached hydrogen (secondary N) is 2. The Morgan fingerprint density at radius 2 is 2.03 bits per heavy atom. The number of para-hydroxylation sites is 1. The van der Waals surface area contributed by atoms with E-state index >= 15 is 0 Å². The number of methoxy groups -OCH3 is 1.